The molecule has 6 nitrogen and oxygen atoms in total. The standard InChI is InChI=1S/C12H24O6/c1-3-4-5-6-17-7-8-9(13)10(14)11(15)12(16-2)18-8/h8-15H,3-7H2,1-2H3/t8-,9-,10+,11-,12+/m1/s1. The van der Waals surface area contributed by atoms with Gasteiger partial charge in [-0.25, -0.2) is 0 Å². The molecule has 3 N–H and O–H groups in total. The average molecular weight is 264 g/mol. The van der Waals surface area contributed by atoms with E-state index in [9.17, 15) is 15.3 Å². The van der Waals surface area contributed by atoms with E-state index in [1.165, 1.54) is 7.11 Å². The first-order chi connectivity index (χ1) is 8.61. The lowest BCUT2D eigenvalue weighted by atomic mass is 9.99. The molecule has 1 aliphatic heterocycles. The van der Waals surface area contributed by atoms with Crippen LogP contribution in [-0.2, 0) is 14.2 Å². The smallest absolute Gasteiger partial charge is 0.186 e. The summed E-state index contributed by atoms with van der Waals surface area (Å²) in [5.74, 6) is 0. The van der Waals surface area contributed by atoms with Crippen molar-refractivity contribution in [3.8, 4) is 0 Å². The van der Waals surface area contributed by atoms with Gasteiger partial charge in [-0.1, -0.05) is 19.8 Å². The molecule has 1 saturated heterocycles. The molecular formula is C12H24O6. The minimum absolute atomic E-state index is 0.175. The van der Waals surface area contributed by atoms with Gasteiger partial charge in [0, 0.05) is 13.7 Å². The SMILES string of the molecule is CCCCCOC[C@H]1O[C@H](OC)[C@H](O)[C@@H](O)[C@@H]1O. The maximum Gasteiger partial charge on any atom is 0.186 e. The third-order valence-corrected chi connectivity index (χ3v) is 3.08. The second kappa shape index (κ2) is 8.04. The van der Waals surface area contributed by atoms with Crippen molar-refractivity contribution in [2.24, 2.45) is 0 Å². The van der Waals surface area contributed by atoms with Gasteiger partial charge in [-0.3, -0.25) is 0 Å². The van der Waals surface area contributed by atoms with E-state index in [-0.39, 0.29) is 6.61 Å². The van der Waals surface area contributed by atoms with Gasteiger partial charge in [-0.05, 0) is 6.42 Å². The third kappa shape index (κ3) is 4.15. The zero-order chi connectivity index (χ0) is 13.5. The van der Waals surface area contributed by atoms with Crippen LogP contribution in [0.15, 0.2) is 0 Å². The summed E-state index contributed by atoms with van der Waals surface area (Å²) in [6.45, 7) is 2.88. The molecule has 0 aromatic rings. The van der Waals surface area contributed by atoms with E-state index in [1.807, 2.05) is 0 Å². The van der Waals surface area contributed by atoms with Crippen LogP contribution in [0.1, 0.15) is 26.2 Å². The first kappa shape index (κ1) is 15.8. The van der Waals surface area contributed by atoms with E-state index >= 15 is 0 Å². The lowest BCUT2D eigenvalue weighted by Gasteiger charge is -2.39. The minimum Gasteiger partial charge on any atom is -0.387 e. The molecule has 0 bridgehead atoms. The van der Waals surface area contributed by atoms with Gasteiger partial charge in [0.1, 0.15) is 24.4 Å². The molecule has 0 aromatic heterocycles. The van der Waals surface area contributed by atoms with E-state index < -0.39 is 30.7 Å². The molecule has 0 saturated carbocycles. The van der Waals surface area contributed by atoms with Crippen molar-refractivity contribution in [3.05, 3.63) is 0 Å². The van der Waals surface area contributed by atoms with Gasteiger partial charge >= 0.3 is 0 Å². The van der Waals surface area contributed by atoms with Crippen LogP contribution in [-0.4, -0.2) is 66.3 Å². The highest BCUT2D eigenvalue weighted by Crippen LogP contribution is 2.21. The van der Waals surface area contributed by atoms with Crippen LogP contribution in [0.25, 0.3) is 0 Å². The van der Waals surface area contributed by atoms with Crippen LogP contribution in [0, 0.1) is 0 Å². The molecule has 1 fully saturated rings. The van der Waals surface area contributed by atoms with Crippen LogP contribution in [0.5, 0.6) is 0 Å². The number of ether oxygens (including phenoxy) is 3. The van der Waals surface area contributed by atoms with Gasteiger partial charge in [-0.2, -0.15) is 0 Å². The van der Waals surface area contributed by atoms with Crippen molar-refractivity contribution in [2.75, 3.05) is 20.3 Å². The Hall–Kier alpha value is -0.240. The van der Waals surface area contributed by atoms with E-state index in [0.29, 0.717) is 6.61 Å². The fourth-order valence-electron chi connectivity index (χ4n) is 1.90. The molecule has 1 aliphatic rings. The van der Waals surface area contributed by atoms with Gasteiger partial charge in [0.2, 0.25) is 0 Å². The highest BCUT2D eigenvalue weighted by Gasteiger charge is 2.43. The van der Waals surface area contributed by atoms with Crippen molar-refractivity contribution < 1.29 is 29.5 Å². The summed E-state index contributed by atoms with van der Waals surface area (Å²) < 4.78 is 15.6. The van der Waals surface area contributed by atoms with Gasteiger partial charge in [0.15, 0.2) is 6.29 Å². The summed E-state index contributed by atoms with van der Waals surface area (Å²) in [4.78, 5) is 0. The summed E-state index contributed by atoms with van der Waals surface area (Å²) >= 11 is 0. The Balaban J connectivity index is 2.35. The third-order valence-electron chi connectivity index (χ3n) is 3.08. The summed E-state index contributed by atoms with van der Waals surface area (Å²) in [5, 5.41) is 29.0. The Morgan fingerprint density at radius 1 is 1.06 bits per heavy atom. The fraction of sp³-hybridized carbons (Fsp3) is 1.00. The fourth-order valence-corrected chi connectivity index (χ4v) is 1.90. The highest BCUT2D eigenvalue weighted by molar-refractivity contribution is 4.88. The maximum absolute atomic E-state index is 9.75. The predicted molar refractivity (Wildman–Crippen MR) is 64.0 cm³/mol. The predicted octanol–water partition coefficient (Wildman–Crippen LogP) is -0.353. The quantitative estimate of drug-likeness (QED) is 0.545. The topological polar surface area (TPSA) is 88.4 Å². The Kier molecular flexibility index (Phi) is 7.06. The number of methoxy groups -OCH3 is 1. The van der Waals surface area contributed by atoms with Crippen LogP contribution in [0.4, 0.5) is 0 Å². The molecule has 6 heteroatoms. The van der Waals surface area contributed by atoms with E-state index in [1.54, 1.807) is 0 Å². The molecule has 5 atom stereocenters. The van der Waals surface area contributed by atoms with E-state index in [2.05, 4.69) is 6.92 Å². The summed E-state index contributed by atoms with van der Waals surface area (Å²) in [7, 11) is 1.37. The number of unbranched alkanes of at least 4 members (excludes halogenated alkanes) is 2. The lowest BCUT2D eigenvalue weighted by molar-refractivity contribution is -0.296. The molecule has 0 amide bonds. The average Bonchev–Trinajstić information content (AvgIpc) is 2.38. The molecule has 0 unspecified atom stereocenters. The molecule has 0 spiro atoms. The van der Waals surface area contributed by atoms with Crippen molar-refractivity contribution in [2.45, 2.75) is 56.9 Å². The largest absolute Gasteiger partial charge is 0.387 e. The Labute approximate surface area is 107 Å². The normalized spacial score (nSPS) is 36.8. The minimum atomic E-state index is -1.28. The Bertz CT molecular complexity index is 223. The van der Waals surface area contributed by atoms with Gasteiger partial charge in [0.05, 0.1) is 6.61 Å². The number of hydrogen-bond donors (Lipinski definition) is 3. The van der Waals surface area contributed by atoms with E-state index in [0.717, 1.165) is 19.3 Å². The van der Waals surface area contributed by atoms with Crippen molar-refractivity contribution >= 4 is 0 Å². The van der Waals surface area contributed by atoms with Crippen LogP contribution in [0.2, 0.25) is 0 Å². The zero-order valence-electron chi connectivity index (χ0n) is 11.0. The monoisotopic (exact) mass is 264 g/mol. The van der Waals surface area contributed by atoms with E-state index in [4.69, 9.17) is 14.2 Å². The molecular weight excluding hydrogens is 240 g/mol. The maximum atomic E-state index is 9.75. The molecule has 0 aromatic carbocycles. The first-order valence-corrected chi connectivity index (χ1v) is 6.42. The summed E-state index contributed by atoms with van der Waals surface area (Å²) in [6.07, 6.45) is -2.16. The Morgan fingerprint density at radius 3 is 2.39 bits per heavy atom. The molecule has 0 aliphatic carbocycles. The van der Waals surface area contributed by atoms with Crippen LogP contribution >= 0.6 is 0 Å². The molecule has 108 valence electrons. The van der Waals surface area contributed by atoms with Crippen LogP contribution < -0.4 is 0 Å². The molecule has 0 radical (unpaired) electrons. The van der Waals surface area contributed by atoms with Crippen LogP contribution in [0.3, 0.4) is 0 Å². The van der Waals surface area contributed by atoms with Gasteiger partial charge in [0.25, 0.3) is 0 Å². The number of rotatable bonds is 7. The summed E-state index contributed by atoms with van der Waals surface area (Å²) in [6, 6.07) is 0. The molecule has 1 heterocycles. The number of hydrogen-bond acceptors (Lipinski definition) is 6. The number of aliphatic hydroxyl groups is 3. The summed E-state index contributed by atoms with van der Waals surface area (Å²) in [5.41, 5.74) is 0. The van der Waals surface area contributed by atoms with Gasteiger partial charge < -0.3 is 29.5 Å². The molecule has 1 rings (SSSR count). The number of aliphatic hydroxyl groups excluding tert-OH is 3. The Morgan fingerprint density at radius 2 is 1.78 bits per heavy atom. The van der Waals surface area contributed by atoms with Crippen molar-refractivity contribution in [1.29, 1.82) is 0 Å². The second-order valence-electron chi connectivity index (χ2n) is 4.53. The second-order valence-corrected chi connectivity index (χ2v) is 4.53. The van der Waals surface area contributed by atoms with Gasteiger partial charge in [-0.15, -0.1) is 0 Å². The molecule has 18 heavy (non-hydrogen) atoms. The first-order valence-electron chi connectivity index (χ1n) is 6.42. The lowest BCUT2D eigenvalue weighted by Crippen LogP contribution is -2.59. The van der Waals surface area contributed by atoms with Crippen molar-refractivity contribution in [1.82, 2.24) is 0 Å². The zero-order valence-corrected chi connectivity index (χ0v) is 11.0. The van der Waals surface area contributed by atoms with Crippen molar-refractivity contribution in [3.63, 3.8) is 0 Å². The highest BCUT2D eigenvalue weighted by atomic mass is 16.7.